The Morgan fingerprint density at radius 1 is 0.500 bits per heavy atom. The molecular weight excluding hydrogens is 384 g/mol. The lowest BCUT2D eigenvalue weighted by atomic mass is 10.00. The van der Waals surface area contributed by atoms with Crippen LogP contribution < -0.4 is 0 Å². The number of hydrogen-bond donors (Lipinski definition) is 0. The predicted molar refractivity (Wildman–Crippen MR) is 139 cm³/mol. The van der Waals surface area contributed by atoms with Crippen LogP contribution in [0.3, 0.4) is 0 Å². The maximum absolute atomic E-state index is 3.27. The van der Waals surface area contributed by atoms with Gasteiger partial charge in [0.1, 0.15) is 0 Å². The van der Waals surface area contributed by atoms with Crippen LogP contribution in [0, 0.1) is 23.7 Å². The zero-order valence-electron chi connectivity index (χ0n) is 19.6. The van der Waals surface area contributed by atoms with Gasteiger partial charge in [-0.25, -0.2) is 0 Å². The molecule has 0 N–H and O–H groups in total. The number of hydrogen-bond acceptors (Lipinski definition) is 0. The molecule has 0 saturated carbocycles. The third kappa shape index (κ3) is 7.80. The van der Waals surface area contributed by atoms with Crippen molar-refractivity contribution in [2.45, 2.75) is 65.2 Å². The maximum atomic E-state index is 3.27. The van der Waals surface area contributed by atoms with Gasteiger partial charge in [0.2, 0.25) is 0 Å². The SMILES string of the molecule is CCCC#Cc1ccc(C#Cc2ccc(-c3ccc(CCCCCCC)cc3)cc2)cc1. The summed E-state index contributed by atoms with van der Waals surface area (Å²) in [5.41, 5.74) is 7.04. The molecule has 0 amide bonds. The fourth-order valence-electron chi connectivity index (χ4n) is 3.61. The van der Waals surface area contributed by atoms with E-state index in [1.807, 2.05) is 24.3 Å². The number of aryl methyl sites for hydroxylation is 1. The fraction of sp³-hybridized carbons (Fsp3) is 0.312. The average Bonchev–Trinajstić information content (AvgIpc) is 2.84. The van der Waals surface area contributed by atoms with Crippen molar-refractivity contribution < 1.29 is 0 Å². The van der Waals surface area contributed by atoms with Crippen LogP contribution in [-0.2, 0) is 6.42 Å². The average molecular weight is 419 g/mol. The van der Waals surface area contributed by atoms with Gasteiger partial charge >= 0.3 is 0 Å². The largest absolute Gasteiger partial charge is 0.0979 e. The van der Waals surface area contributed by atoms with Crippen LogP contribution in [0.25, 0.3) is 11.1 Å². The van der Waals surface area contributed by atoms with Crippen molar-refractivity contribution in [2.75, 3.05) is 0 Å². The highest BCUT2D eigenvalue weighted by atomic mass is 14.0. The third-order valence-electron chi connectivity index (χ3n) is 5.58. The second kappa shape index (κ2) is 13.2. The molecule has 0 aromatic heterocycles. The first-order valence-electron chi connectivity index (χ1n) is 12.1. The van der Waals surface area contributed by atoms with E-state index in [0.717, 1.165) is 29.5 Å². The predicted octanol–water partition coefficient (Wildman–Crippen LogP) is 8.42. The summed E-state index contributed by atoms with van der Waals surface area (Å²) >= 11 is 0. The molecule has 0 aliphatic heterocycles. The molecule has 0 radical (unpaired) electrons. The van der Waals surface area contributed by atoms with Gasteiger partial charge in [-0.1, -0.05) is 99.6 Å². The van der Waals surface area contributed by atoms with E-state index in [4.69, 9.17) is 0 Å². The van der Waals surface area contributed by atoms with Gasteiger partial charge in [-0.05, 0) is 72.4 Å². The minimum absolute atomic E-state index is 0.945. The molecular formula is C32H34. The minimum Gasteiger partial charge on any atom is -0.0979 e. The Bertz CT molecular complexity index is 1060. The van der Waals surface area contributed by atoms with Crippen molar-refractivity contribution in [3.8, 4) is 34.8 Å². The van der Waals surface area contributed by atoms with E-state index in [1.54, 1.807) is 0 Å². The van der Waals surface area contributed by atoms with Gasteiger partial charge in [-0.15, -0.1) is 0 Å². The summed E-state index contributed by atoms with van der Waals surface area (Å²) in [5.74, 6) is 12.9. The topological polar surface area (TPSA) is 0 Å². The molecule has 0 heterocycles. The monoisotopic (exact) mass is 418 g/mol. The highest BCUT2D eigenvalue weighted by Gasteiger charge is 1.99. The second-order valence-corrected chi connectivity index (χ2v) is 8.32. The van der Waals surface area contributed by atoms with Gasteiger partial charge < -0.3 is 0 Å². The van der Waals surface area contributed by atoms with Gasteiger partial charge in [-0.2, -0.15) is 0 Å². The van der Waals surface area contributed by atoms with Crippen molar-refractivity contribution in [3.05, 3.63) is 95.1 Å². The van der Waals surface area contributed by atoms with Gasteiger partial charge in [0.15, 0.2) is 0 Å². The Morgan fingerprint density at radius 2 is 1.00 bits per heavy atom. The van der Waals surface area contributed by atoms with Crippen molar-refractivity contribution in [1.29, 1.82) is 0 Å². The first kappa shape index (κ1) is 23.4. The molecule has 0 nitrogen and oxygen atoms in total. The number of rotatable bonds is 8. The Balaban J connectivity index is 1.56. The molecule has 0 spiro atoms. The normalized spacial score (nSPS) is 10.1. The van der Waals surface area contributed by atoms with Crippen LogP contribution >= 0.6 is 0 Å². The standard InChI is InChI=1S/C32H34/c1-3-5-7-8-10-12-28-19-23-31(24-20-28)32-25-21-30(22-26-32)18-17-29-15-13-27(14-16-29)11-9-6-4-2/h13-16,19-26H,3-8,10,12H2,1-2H3. The highest BCUT2D eigenvalue weighted by molar-refractivity contribution is 5.64. The first-order chi connectivity index (χ1) is 15.8. The summed E-state index contributed by atoms with van der Waals surface area (Å²) in [6, 6.07) is 25.8. The van der Waals surface area contributed by atoms with Gasteiger partial charge in [-0.3, -0.25) is 0 Å². The van der Waals surface area contributed by atoms with Crippen LogP contribution in [0.1, 0.15) is 81.0 Å². The highest BCUT2D eigenvalue weighted by Crippen LogP contribution is 2.21. The van der Waals surface area contributed by atoms with Gasteiger partial charge in [0.05, 0.1) is 0 Å². The van der Waals surface area contributed by atoms with Crippen molar-refractivity contribution in [2.24, 2.45) is 0 Å². The molecule has 0 aliphatic carbocycles. The smallest absolute Gasteiger partial charge is 0.0249 e. The summed E-state index contributed by atoms with van der Waals surface area (Å²) in [6.07, 6.45) is 9.90. The lowest BCUT2D eigenvalue weighted by Crippen LogP contribution is -1.87. The minimum atomic E-state index is 0.945. The summed E-state index contributed by atoms with van der Waals surface area (Å²) in [4.78, 5) is 0. The second-order valence-electron chi connectivity index (χ2n) is 8.32. The zero-order valence-corrected chi connectivity index (χ0v) is 19.6. The quantitative estimate of drug-likeness (QED) is 0.254. The molecule has 0 unspecified atom stereocenters. The van der Waals surface area contributed by atoms with Crippen LogP contribution in [-0.4, -0.2) is 0 Å². The van der Waals surface area contributed by atoms with Crippen LogP contribution in [0.4, 0.5) is 0 Å². The summed E-state index contributed by atoms with van der Waals surface area (Å²) < 4.78 is 0. The van der Waals surface area contributed by atoms with Gasteiger partial charge in [0, 0.05) is 23.1 Å². The summed E-state index contributed by atoms with van der Waals surface area (Å²) in [5, 5.41) is 0. The Labute approximate surface area is 195 Å². The molecule has 0 heteroatoms. The Kier molecular flexibility index (Phi) is 9.71. The van der Waals surface area contributed by atoms with Crippen molar-refractivity contribution >= 4 is 0 Å². The first-order valence-corrected chi connectivity index (χ1v) is 12.1. The summed E-state index contributed by atoms with van der Waals surface area (Å²) in [6.45, 7) is 4.41. The number of benzene rings is 3. The molecule has 0 saturated heterocycles. The van der Waals surface area contributed by atoms with Gasteiger partial charge in [0.25, 0.3) is 0 Å². The van der Waals surface area contributed by atoms with Crippen LogP contribution in [0.2, 0.25) is 0 Å². The zero-order chi connectivity index (χ0) is 22.4. The molecule has 3 aromatic carbocycles. The summed E-state index contributed by atoms with van der Waals surface area (Å²) in [7, 11) is 0. The lowest BCUT2D eigenvalue weighted by molar-refractivity contribution is 0.632. The van der Waals surface area contributed by atoms with Crippen molar-refractivity contribution in [1.82, 2.24) is 0 Å². The Morgan fingerprint density at radius 3 is 1.56 bits per heavy atom. The Hall–Kier alpha value is -3.22. The number of unbranched alkanes of at least 4 members (excludes halogenated alkanes) is 5. The third-order valence-corrected chi connectivity index (χ3v) is 5.58. The van der Waals surface area contributed by atoms with Crippen LogP contribution in [0.15, 0.2) is 72.8 Å². The molecule has 0 aliphatic rings. The van der Waals surface area contributed by atoms with E-state index < -0.39 is 0 Å². The molecule has 3 rings (SSSR count). The van der Waals surface area contributed by atoms with E-state index in [-0.39, 0.29) is 0 Å². The van der Waals surface area contributed by atoms with E-state index in [9.17, 15) is 0 Å². The van der Waals surface area contributed by atoms with Crippen LogP contribution in [0.5, 0.6) is 0 Å². The van der Waals surface area contributed by atoms with E-state index in [2.05, 4.69) is 86.1 Å². The molecule has 3 aromatic rings. The van der Waals surface area contributed by atoms with Crippen molar-refractivity contribution in [3.63, 3.8) is 0 Å². The molecule has 0 atom stereocenters. The molecule has 0 fully saturated rings. The molecule has 0 bridgehead atoms. The maximum Gasteiger partial charge on any atom is 0.0249 e. The van der Waals surface area contributed by atoms with E-state index in [1.165, 1.54) is 55.2 Å². The molecule has 162 valence electrons. The lowest BCUT2D eigenvalue weighted by Gasteiger charge is -2.05. The fourth-order valence-corrected chi connectivity index (χ4v) is 3.61. The molecule has 32 heavy (non-hydrogen) atoms. The van der Waals surface area contributed by atoms with E-state index >= 15 is 0 Å². The van der Waals surface area contributed by atoms with E-state index in [0.29, 0.717) is 0 Å².